The maximum atomic E-state index is 14.4. The average molecular weight is 390 g/mol. The number of carbonyl (C=O) groups is 2. The Hall–Kier alpha value is -2.28. The number of hydrogen-bond acceptors (Lipinski definition) is 3. The molecule has 0 unspecified atom stereocenters. The Morgan fingerprint density at radius 3 is 2.79 bits per heavy atom. The van der Waals surface area contributed by atoms with Gasteiger partial charge in [-0.25, -0.2) is 13.6 Å². The number of Topliss-reactive ketones (excluding diaryl/α,β-unsaturated/α-hetero) is 1. The van der Waals surface area contributed by atoms with E-state index >= 15 is 0 Å². The summed E-state index contributed by atoms with van der Waals surface area (Å²) in [5.74, 6) is -0.808. The Morgan fingerprint density at radius 1 is 1.25 bits per heavy atom. The highest BCUT2D eigenvalue weighted by Crippen LogP contribution is 2.30. The van der Waals surface area contributed by atoms with Gasteiger partial charge in [0.1, 0.15) is 18.3 Å². The molecule has 0 radical (unpaired) electrons. The van der Waals surface area contributed by atoms with Crippen molar-refractivity contribution in [2.45, 2.75) is 25.9 Å². The molecule has 3 heterocycles. The third kappa shape index (κ3) is 3.81. The Bertz CT molecular complexity index is 820. The zero-order valence-corrected chi connectivity index (χ0v) is 15.9. The van der Waals surface area contributed by atoms with Gasteiger partial charge in [0.2, 0.25) is 0 Å². The van der Waals surface area contributed by atoms with Crippen LogP contribution < -0.4 is 0 Å². The molecule has 1 aromatic rings. The highest BCUT2D eigenvalue weighted by molar-refractivity contribution is 5.81. The second-order valence-corrected chi connectivity index (χ2v) is 8.01. The number of halogens is 2. The number of benzene rings is 1. The lowest BCUT2D eigenvalue weighted by atomic mass is 9.88. The van der Waals surface area contributed by atoms with Crippen molar-refractivity contribution in [3.05, 3.63) is 41.2 Å². The van der Waals surface area contributed by atoms with Crippen molar-refractivity contribution in [2.24, 2.45) is 11.8 Å². The number of piperidine rings is 1. The van der Waals surface area contributed by atoms with Crippen molar-refractivity contribution in [2.75, 3.05) is 32.8 Å². The predicted molar refractivity (Wildman–Crippen MR) is 99.7 cm³/mol. The number of fused-ring (bicyclic) bond motifs is 1. The molecule has 2 atom stereocenters. The number of amides is 2. The van der Waals surface area contributed by atoms with Crippen LogP contribution in [0, 0.1) is 24.6 Å². The molecule has 5 nitrogen and oxygen atoms in total. The standard InChI is InChI=1S/C21H24F2N2O3/c1-13-2-3-15(8-18(13)22)19(23)6-14-9-25(10-14)21(27)24-5-4-20-16(11-24)7-17(26)12-28-20/h2-3,6,8,14,16,20H,4-5,7,9-12H2,1H3/b19-6+/t16-,20+/m1/s1. The van der Waals surface area contributed by atoms with Gasteiger partial charge < -0.3 is 14.5 Å². The van der Waals surface area contributed by atoms with Crippen LogP contribution in [0.3, 0.4) is 0 Å². The SMILES string of the molecule is Cc1ccc(/C(F)=C\C2CN(C(=O)N3CC[C@@H]4OCC(=O)C[C@@H]4C3)C2)cc1F. The molecule has 0 spiro atoms. The first-order chi connectivity index (χ1) is 13.4. The highest BCUT2D eigenvalue weighted by Gasteiger charge is 2.39. The van der Waals surface area contributed by atoms with Gasteiger partial charge in [-0.1, -0.05) is 12.1 Å². The van der Waals surface area contributed by atoms with Gasteiger partial charge in [0.25, 0.3) is 0 Å². The first-order valence-electron chi connectivity index (χ1n) is 9.71. The lowest BCUT2D eigenvalue weighted by molar-refractivity contribution is -0.140. The summed E-state index contributed by atoms with van der Waals surface area (Å²) in [6.07, 6.45) is 2.75. The van der Waals surface area contributed by atoms with Crippen molar-refractivity contribution in [1.82, 2.24) is 9.80 Å². The van der Waals surface area contributed by atoms with Crippen molar-refractivity contribution < 1.29 is 23.1 Å². The van der Waals surface area contributed by atoms with E-state index in [1.54, 1.807) is 28.9 Å². The monoisotopic (exact) mass is 390 g/mol. The Labute approximate surface area is 162 Å². The minimum atomic E-state index is -0.463. The zero-order valence-electron chi connectivity index (χ0n) is 15.9. The topological polar surface area (TPSA) is 49.9 Å². The molecule has 28 heavy (non-hydrogen) atoms. The molecule has 3 fully saturated rings. The third-order valence-electron chi connectivity index (χ3n) is 5.89. The van der Waals surface area contributed by atoms with E-state index in [0.717, 1.165) is 6.42 Å². The van der Waals surface area contributed by atoms with E-state index in [4.69, 9.17) is 4.74 Å². The van der Waals surface area contributed by atoms with E-state index in [9.17, 15) is 18.4 Å². The fraction of sp³-hybridized carbons (Fsp3) is 0.524. The largest absolute Gasteiger partial charge is 0.370 e. The average Bonchev–Trinajstić information content (AvgIpc) is 2.65. The van der Waals surface area contributed by atoms with E-state index < -0.39 is 11.6 Å². The summed E-state index contributed by atoms with van der Waals surface area (Å²) in [6.45, 7) is 3.85. The van der Waals surface area contributed by atoms with Crippen LogP contribution in [0.5, 0.6) is 0 Å². The number of aryl methyl sites for hydroxylation is 1. The van der Waals surface area contributed by atoms with E-state index in [0.29, 0.717) is 38.2 Å². The molecule has 3 aliphatic rings. The third-order valence-corrected chi connectivity index (χ3v) is 5.89. The first-order valence-corrected chi connectivity index (χ1v) is 9.71. The number of nitrogens with zero attached hydrogens (tertiary/aromatic N) is 2. The van der Waals surface area contributed by atoms with Crippen LogP contribution in [-0.4, -0.2) is 60.5 Å². The second kappa shape index (κ2) is 7.62. The number of ether oxygens (including phenoxy) is 1. The van der Waals surface area contributed by atoms with E-state index in [-0.39, 0.29) is 41.9 Å². The Kier molecular flexibility index (Phi) is 5.19. The predicted octanol–water partition coefficient (Wildman–Crippen LogP) is 3.18. The lowest BCUT2D eigenvalue weighted by Gasteiger charge is -2.45. The number of rotatable bonds is 2. The summed E-state index contributed by atoms with van der Waals surface area (Å²) >= 11 is 0. The maximum Gasteiger partial charge on any atom is 0.320 e. The fourth-order valence-electron chi connectivity index (χ4n) is 4.17. The Balaban J connectivity index is 1.31. The number of ketones is 1. The summed E-state index contributed by atoms with van der Waals surface area (Å²) in [4.78, 5) is 27.7. The van der Waals surface area contributed by atoms with Crippen molar-refractivity contribution >= 4 is 17.6 Å². The van der Waals surface area contributed by atoms with Gasteiger partial charge >= 0.3 is 6.03 Å². The van der Waals surface area contributed by atoms with Crippen LogP contribution in [-0.2, 0) is 9.53 Å². The van der Waals surface area contributed by atoms with Gasteiger partial charge in [0.05, 0.1) is 6.10 Å². The van der Waals surface area contributed by atoms with Crippen LogP contribution in [0.25, 0.3) is 5.83 Å². The minimum absolute atomic E-state index is 0.0667. The highest BCUT2D eigenvalue weighted by atomic mass is 19.1. The van der Waals surface area contributed by atoms with Gasteiger partial charge in [0, 0.05) is 50.0 Å². The summed E-state index contributed by atoms with van der Waals surface area (Å²) in [6, 6.07) is 4.24. The lowest BCUT2D eigenvalue weighted by Crippen LogP contribution is -2.58. The molecule has 0 saturated carbocycles. The zero-order chi connectivity index (χ0) is 19.8. The molecule has 1 aromatic carbocycles. The molecule has 0 N–H and O–H groups in total. The smallest absolute Gasteiger partial charge is 0.320 e. The second-order valence-electron chi connectivity index (χ2n) is 8.01. The summed E-state index contributed by atoms with van der Waals surface area (Å²) < 4.78 is 33.5. The van der Waals surface area contributed by atoms with Crippen LogP contribution >= 0.6 is 0 Å². The summed E-state index contributed by atoms with van der Waals surface area (Å²) in [5, 5.41) is 0. The number of hydrogen-bond donors (Lipinski definition) is 0. The van der Waals surface area contributed by atoms with Crippen LogP contribution in [0.2, 0.25) is 0 Å². The van der Waals surface area contributed by atoms with Crippen LogP contribution in [0.1, 0.15) is 24.0 Å². The molecular formula is C21H24F2N2O3. The van der Waals surface area contributed by atoms with Gasteiger partial charge in [0.15, 0.2) is 5.78 Å². The number of carbonyl (C=O) groups excluding carboxylic acids is 2. The summed E-state index contributed by atoms with van der Waals surface area (Å²) in [7, 11) is 0. The molecule has 3 aliphatic heterocycles. The molecule has 4 rings (SSSR count). The molecule has 7 heteroatoms. The molecular weight excluding hydrogens is 366 g/mol. The number of urea groups is 1. The minimum Gasteiger partial charge on any atom is -0.370 e. The van der Waals surface area contributed by atoms with Gasteiger partial charge in [-0.05, 0) is 31.1 Å². The summed E-state index contributed by atoms with van der Waals surface area (Å²) in [5.41, 5.74) is 0.697. The molecule has 0 aliphatic carbocycles. The Morgan fingerprint density at radius 2 is 2.04 bits per heavy atom. The van der Waals surface area contributed by atoms with E-state index in [2.05, 4.69) is 0 Å². The molecule has 3 saturated heterocycles. The maximum absolute atomic E-state index is 14.4. The van der Waals surface area contributed by atoms with Crippen molar-refractivity contribution in [1.29, 1.82) is 0 Å². The normalized spacial score (nSPS) is 26.1. The molecule has 0 aromatic heterocycles. The molecule has 2 amide bonds. The van der Waals surface area contributed by atoms with Crippen molar-refractivity contribution in [3.63, 3.8) is 0 Å². The van der Waals surface area contributed by atoms with E-state index in [1.165, 1.54) is 12.1 Å². The first kappa shape index (κ1) is 19.1. The van der Waals surface area contributed by atoms with Crippen molar-refractivity contribution in [3.8, 4) is 0 Å². The van der Waals surface area contributed by atoms with Gasteiger partial charge in [-0.2, -0.15) is 0 Å². The van der Waals surface area contributed by atoms with Crippen LogP contribution in [0.15, 0.2) is 24.3 Å². The fourth-order valence-corrected chi connectivity index (χ4v) is 4.17. The number of likely N-dealkylation sites (tertiary alicyclic amines) is 2. The molecule has 150 valence electrons. The molecule has 0 bridgehead atoms. The van der Waals surface area contributed by atoms with Gasteiger partial charge in [-0.3, -0.25) is 4.79 Å². The quantitative estimate of drug-likeness (QED) is 0.779. The van der Waals surface area contributed by atoms with Crippen LogP contribution in [0.4, 0.5) is 13.6 Å². The van der Waals surface area contributed by atoms with Gasteiger partial charge in [-0.15, -0.1) is 0 Å². The van der Waals surface area contributed by atoms with E-state index in [1.807, 2.05) is 0 Å².